The number of nitrogens with two attached hydrogens (primary N) is 2. The quantitative estimate of drug-likeness (QED) is 0.732. The summed E-state index contributed by atoms with van der Waals surface area (Å²) >= 11 is 9.21. The average Bonchev–Trinajstić information content (AvgIpc) is 2.36. The lowest BCUT2D eigenvalue weighted by molar-refractivity contribution is 0.100. The highest BCUT2D eigenvalue weighted by Crippen LogP contribution is 2.29. The summed E-state index contributed by atoms with van der Waals surface area (Å²) in [5.41, 5.74) is 11.4. The predicted octanol–water partition coefficient (Wildman–Crippen LogP) is 3.67. The lowest BCUT2D eigenvalue weighted by Crippen LogP contribution is -2.14. The Kier molecular flexibility index (Phi) is 4.15. The molecule has 0 aromatic heterocycles. The van der Waals surface area contributed by atoms with Gasteiger partial charge in [-0.2, -0.15) is 0 Å². The number of nitrogen functional groups attached to an aromatic ring is 1. The van der Waals surface area contributed by atoms with E-state index in [4.69, 9.17) is 23.1 Å². The standard InChI is InChI=1S/C13H10BrClFN3O/c14-8-2-1-6(3-9(8)15)19-12-4-7(13(18)20)11(17)5-10(12)16/h1-5,19H,17H2,(H2,18,20). The second-order valence-electron chi connectivity index (χ2n) is 4.04. The number of carbonyl (C=O) groups is 1. The van der Waals surface area contributed by atoms with Crippen molar-refractivity contribution in [1.82, 2.24) is 0 Å². The van der Waals surface area contributed by atoms with Crippen molar-refractivity contribution in [2.75, 3.05) is 11.1 Å². The van der Waals surface area contributed by atoms with Crippen LogP contribution in [0, 0.1) is 5.82 Å². The summed E-state index contributed by atoms with van der Waals surface area (Å²) < 4.78 is 14.5. The highest BCUT2D eigenvalue weighted by molar-refractivity contribution is 9.10. The number of amides is 1. The van der Waals surface area contributed by atoms with Gasteiger partial charge in [-0.1, -0.05) is 11.6 Å². The molecule has 0 heterocycles. The van der Waals surface area contributed by atoms with Crippen LogP contribution in [0.3, 0.4) is 0 Å². The summed E-state index contributed by atoms with van der Waals surface area (Å²) in [6.07, 6.45) is 0. The number of nitrogens with one attached hydrogen (secondary N) is 1. The Morgan fingerprint density at radius 3 is 2.60 bits per heavy atom. The van der Waals surface area contributed by atoms with Crippen molar-refractivity contribution in [3.05, 3.63) is 51.2 Å². The van der Waals surface area contributed by atoms with Crippen LogP contribution in [0.25, 0.3) is 0 Å². The molecule has 0 atom stereocenters. The topological polar surface area (TPSA) is 81.1 Å². The van der Waals surface area contributed by atoms with E-state index in [2.05, 4.69) is 21.2 Å². The molecule has 0 saturated heterocycles. The van der Waals surface area contributed by atoms with Crippen LogP contribution in [-0.4, -0.2) is 5.91 Å². The molecule has 2 rings (SSSR count). The maximum absolute atomic E-state index is 13.8. The molecule has 0 bridgehead atoms. The van der Waals surface area contributed by atoms with Gasteiger partial charge < -0.3 is 16.8 Å². The number of hydrogen-bond acceptors (Lipinski definition) is 3. The van der Waals surface area contributed by atoms with Crippen LogP contribution in [0.4, 0.5) is 21.5 Å². The summed E-state index contributed by atoms with van der Waals surface area (Å²) in [5, 5.41) is 3.29. The molecule has 0 aliphatic carbocycles. The summed E-state index contributed by atoms with van der Waals surface area (Å²) in [6, 6.07) is 7.35. The van der Waals surface area contributed by atoms with Gasteiger partial charge in [-0.15, -0.1) is 0 Å². The third-order valence-corrected chi connectivity index (χ3v) is 3.84. The van der Waals surface area contributed by atoms with Gasteiger partial charge in [0.2, 0.25) is 0 Å². The second-order valence-corrected chi connectivity index (χ2v) is 5.30. The molecule has 0 radical (unpaired) electrons. The van der Waals surface area contributed by atoms with E-state index in [1.165, 1.54) is 6.07 Å². The van der Waals surface area contributed by atoms with E-state index in [1.54, 1.807) is 18.2 Å². The molecule has 20 heavy (non-hydrogen) atoms. The molecular formula is C13H10BrClFN3O. The Labute approximate surface area is 128 Å². The zero-order valence-electron chi connectivity index (χ0n) is 10.1. The fourth-order valence-corrected chi connectivity index (χ4v) is 2.05. The molecule has 0 fully saturated rings. The van der Waals surface area contributed by atoms with Crippen LogP contribution in [0.2, 0.25) is 5.02 Å². The normalized spacial score (nSPS) is 10.3. The van der Waals surface area contributed by atoms with Crippen molar-refractivity contribution in [3.63, 3.8) is 0 Å². The summed E-state index contributed by atoms with van der Waals surface area (Å²) in [4.78, 5) is 11.2. The summed E-state index contributed by atoms with van der Waals surface area (Å²) in [7, 11) is 0. The Balaban J connectivity index is 2.40. The van der Waals surface area contributed by atoms with Gasteiger partial charge in [-0.3, -0.25) is 4.79 Å². The third-order valence-electron chi connectivity index (χ3n) is 2.60. The van der Waals surface area contributed by atoms with Gasteiger partial charge >= 0.3 is 0 Å². The van der Waals surface area contributed by atoms with Crippen LogP contribution in [-0.2, 0) is 0 Å². The molecule has 7 heteroatoms. The largest absolute Gasteiger partial charge is 0.398 e. The molecule has 104 valence electrons. The molecule has 2 aromatic carbocycles. The highest BCUT2D eigenvalue weighted by Gasteiger charge is 2.12. The fraction of sp³-hybridized carbons (Fsp3) is 0. The van der Waals surface area contributed by atoms with Gasteiger partial charge in [-0.05, 0) is 46.3 Å². The van der Waals surface area contributed by atoms with Crippen LogP contribution in [0.15, 0.2) is 34.8 Å². The van der Waals surface area contributed by atoms with Crippen LogP contribution < -0.4 is 16.8 Å². The van der Waals surface area contributed by atoms with E-state index in [-0.39, 0.29) is 16.9 Å². The van der Waals surface area contributed by atoms with Gasteiger partial charge in [0.05, 0.1) is 16.3 Å². The van der Waals surface area contributed by atoms with Crippen molar-refractivity contribution in [3.8, 4) is 0 Å². The van der Waals surface area contributed by atoms with E-state index < -0.39 is 11.7 Å². The van der Waals surface area contributed by atoms with Crippen LogP contribution >= 0.6 is 27.5 Å². The number of anilines is 3. The Morgan fingerprint density at radius 1 is 1.30 bits per heavy atom. The minimum Gasteiger partial charge on any atom is -0.398 e. The Hall–Kier alpha value is -1.79. The van der Waals surface area contributed by atoms with Crippen molar-refractivity contribution < 1.29 is 9.18 Å². The van der Waals surface area contributed by atoms with Crippen molar-refractivity contribution >= 4 is 50.5 Å². The number of rotatable bonds is 3. The number of hydrogen-bond donors (Lipinski definition) is 3. The van der Waals surface area contributed by atoms with E-state index in [1.807, 2.05) is 0 Å². The summed E-state index contributed by atoms with van der Waals surface area (Å²) in [5.74, 6) is -1.31. The first-order valence-electron chi connectivity index (χ1n) is 5.49. The fourth-order valence-electron chi connectivity index (χ4n) is 1.63. The highest BCUT2D eigenvalue weighted by atomic mass is 79.9. The molecule has 0 aliphatic heterocycles. The molecule has 0 unspecified atom stereocenters. The monoisotopic (exact) mass is 357 g/mol. The van der Waals surface area contributed by atoms with Crippen molar-refractivity contribution in [2.45, 2.75) is 0 Å². The third kappa shape index (κ3) is 3.02. The lowest BCUT2D eigenvalue weighted by atomic mass is 10.1. The number of primary amides is 1. The number of carbonyl (C=O) groups excluding carboxylic acids is 1. The van der Waals surface area contributed by atoms with Gasteiger partial charge in [0.15, 0.2) is 0 Å². The van der Waals surface area contributed by atoms with Crippen LogP contribution in [0.5, 0.6) is 0 Å². The van der Waals surface area contributed by atoms with Gasteiger partial charge in [0, 0.05) is 15.8 Å². The average molecular weight is 359 g/mol. The van der Waals surface area contributed by atoms with Gasteiger partial charge in [-0.25, -0.2) is 4.39 Å². The van der Waals surface area contributed by atoms with E-state index in [0.717, 1.165) is 10.5 Å². The van der Waals surface area contributed by atoms with Gasteiger partial charge in [0.25, 0.3) is 5.91 Å². The van der Waals surface area contributed by atoms with E-state index in [0.29, 0.717) is 10.7 Å². The zero-order valence-corrected chi connectivity index (χ0v) is 12.4. The molecule has 5 N–H and O–H groups in total. The number of halogens is 3. The maximum atomic E-state index is 13.8. The minimum atomic E-state index is -0.723. The molecule has 0 saturated carbocycles. The van der Waals surface area contributed by atoms with Crippen LogP contribution in [0.1, 0.15) is 10.4 Å². The number of benzene rings is 2. The molecule has 2 aromatic rings. The molecule has 0 aliphatic rings. The van der Waals surface area contributed by atoms with Crippen molar-refractivity contribution in [1.29, 1.82) is 0 Å². The molecule has 0 spiro atoms. The lowest BCUT2D eigenvalue weighted by Gasteiger charge is -2.11. The van der Waals surface area contributed by atoms with Crippen molar-refractivity contribution in [2.24, 2.45) is 5.73 Å². The predicted molar refractivity (Wildman–Crippen MR) is 81.8 cm³/mol. The Morgan fingerprint density at radius 2 is 2.00 bits per heavy atom. The van der Waals surface area contributed by atoms with E-state index in [9.17, 15) is 9.18 Å². The summed E-state index contributed by atoms with van der Waals surface area (Å²) in [6.45, 7) is 0. The molecular weight excluding hydrogens is 349 g/mol. The first-order chi connectivity index (χ1) is 9.38. The SMILES string of the molecule is NC(=O)c1cc(Nc2ccc(Br)c(Cl)c2)c(F)cc1N. The first kappa shape index (κ1) is 14.6. The maximum Gasteiger partial charge on any atom is 0.250 e. The molecule has 1 amide bonds. The minimum absolute atomic E-state index is 0.00520. The van der Waals surface area contributed by atoms with E-state index >= 15 is 0 Å². The first-order valence-corrected chi connectivity index (χ1v) is 6.66. The second kappa shape index (κ2) is 5.68. The zero-order chi connectivity index (χ0) is 14.9. The van der Waals surface area contributed by atoms with Gasteiger partial charge in [0.1, 0.15) is 5.82 Å². The molecule has 4 nitrogen and oxygen atoms in total. The smallest absolute Gasteiger partial charge is 0.250 e. The Bertz CT molecular complexity index is 694.